The standard InChI is InChI=1S/C14H23N3O/c1-10(2)8-9-16-14(18)17-13-6-4-12(5-7-13)11(3)15/h4-7,10-11H,8-9,15H2,1-3H3,(H2,16,17,18). The van der Waals surface area contributed by atoms with Crippen molar-refractivity contribution in [2.45, 2.75) is 33.2 Å². The molecule has 0 saturated heterocycles. The fourth-order valence-electron chi connectivity index (χ4n) is 1.52. The lowest BCUT2D eigenvalue weighted by Gasteiger charge is -2.10. The van der Waals surface area contributed by atoms with Gasteiger partial charge in [0.15, 0.2) is 0 Å². The van der Waals surface area contributed by atoms with Crippen molar-refractivity contribution in [3.8, 4) is 0 Å². The van der Waals surface area contributed by atoms with Crippen LogP contribution in [-0.4, -0.2) is 12.6 Å². The van der Waals surface area contributed by atoms with Gasteiger partial charge in [0.05, 0.1) is 0 Å². The largest absolute Gasteiger partial charge is 0.338 e. The number of urea groups is 1. The molecular formula is C14H23N3O. The molecule has 1 rings (SSSR count). The van der Waals surface area contributed by atoms with Gasteiger partial charge in [0.25, 0.3) is 0 Å². The van der Waals surface area contributed by atoms with Crippen molar-refractivity contribution in [3.05, 3.63) is 29.8 Å². The van der Waals surface area contributed by atoms with Crippen LogP contribution in [0.25, 0.3) is 0 Å². The van der Waals surface area contributed by atoms with Gasteiger partial charge in [-0.15, -0.1) is 0 Å². The van der Waals surface area contributed by atoms with E-state index in [0.29, 0.717) is 12.5 Å². The maximum Gasteiger partial charge on any atom is 0.319 e. The van der Waals surface area contributed by atoms with E-state index in [-0.39, 0.29) is 12.1 Å². The number of nitrogens with two attached hydrogens (primary N) is 1. The van der Waals surface area contributed by atoms with E-state index in [1.165, 1.54) is 0 Å². The van der Waals surface area contributed by atoms with Crippen molar-refractivity contribution < 1.29 is 4.79 Å². The van der Waals surface area contributed by atoms with Gasteiger partial charge in [0.2, 0.25) is 0 Å². The monoisotopic (exact) mass is 249 g/mol. The van der Waals surface area contributed by atoms with Crippen LogP contribution in [0, 0.1) is 5.92 Å². The van der Waals surface area contributed by atoms with Crippen LogP contribution in [-0.2, 0) is 0 Å². The quantitative estimate of drug-likeness (QED) is 0.751. The van der Waals surface area contributed by atoms with E-state index in [2.05, 4.69) is 24.5 Å². The average molecular weight is 249 g/mol. The van der Waals surface area contributed by atoms with Crippen LogP contribution in [0.1, 0.15) is 38.8 Å². The molecule has 0 aliphatic heterocycles. The molecule has 0 spiro atoms. The maximum atomic E-state index is 11.6. The Morgan fingerprint density at radius 1 is 1.22 bits per heavy atom. The first-order chi connectivity index (χ1) is 8.49. The molecule has 1 atom stereocenters. The summed E-state index contributed by atoms with van der Waals surface area (Å²) in [5.74, 6) is 0.593. The zero-order valence-electron chi connectivity index (χ0n) is 11.4. The molecule has 0 radical (unpaired) electrons. The predicted octanol–water partition coefficient (Wildman–Crippen LogP) is 2.87. The minimum absolute atomic E-state index is 0.0129. The molecule has 4 nitrogen and oxygen atoms in total. The SMILES string of the molecule is CC(C)CCNC(=O)Nc1ccc(C(C)N)cc1. The van der Waals surface area contributed by atoms with Crippen LogP contribution in [0.5, 0.6) is 0 Å². The Hall–Kier alpha value is -1.55. The number of amides is 2. The third-order valence-electron chi connectivity index (χ3n) is 2.70. The summed E-state index contributed by atoms with van der Waals surface area (Å²) in [6.45, 7) is 6.89. The summed E-state index contributed by atoms with van der Waals surface area (Å²) >= 11 is 0. The first-order valence-electron chi connectivity index (χ1n) is 6.39. The number of carbonyl (C=O) groups excluding carboxylic acids is 1. The van der Waals surface area contributed by atoms with E-state index in [9.17, 15) is 4.79 Å². The summed E-state index contributed by atoms with van der Waals surface area (Å²) in [6.07, 6.45) is 0.983. The Bertz CT molecular complexity index is 371. The second-order valence-corrected chi connectivity index (χ2v) is 4.97. The lowest BCUT2D eigenvalue weighted by Crippen LogP contribution is -2.30. The molecule has 0 aliphatic carbocycles. The van der Waals surface area contributed by atoms with Crippen molar-refractivity contribution in [2.24, 2.45) is 11.7 Å². The topological polar surface area (TPSA) is 67.2 Å². The number of hydrogen-bond donors (Lipinski definition) is 3. The van der Waals surface area contributed by atoms with Crippen LogP contribution in [0.2, 0.25) is 0 Å². The highest BCUT2D eigenvalue weighted by molar-refractivity contribution is 5.89. The van der Waals surface area contributed by atoms with Gasteiger partial charge < -0.3 is 16.4 Å². The van der Waals surface area contributed by atoms with Crippen molar-refractivity contribution in [2.75, 3.05) is 11.9 Å². The summed E-state index contributed by atoms with van der Waals surface area (Å²) in [4.78, 5) is 11.6. The Morgan fingerprint density at radius 2 is 1.83 bits per heavy atom. The van der Waals surface area contributed by atoms with Gasteiger partial charge in [-0.2, -0.15) is 0 Å². The van der Waals surface area contributed by atoms with Gasteiger partial charge in [-0.05, 0) is 37.0 Å². The molecule has 0 aromatic heterocycles. The van der Waals surface area contributed by atoms with Crippen LogP contribution < -0.4 is 16.4 Å². The van der Waals surface area contributed by atoms with Gasteiger partial charge in [-0.1, -0.05) is 26.0 Å². The van der Waals surface area contributed by atoms with Crippen molar-refractivity contribution in [1.29, 1.82) is 0 Å². The van der Waals surface area contributed by atoms with E-state index in [0.717, 1.165) is 17.7 Å². The van der Waals surface area contributed by atoms with Gasteiger partial charge in [-0.3, -0.25) is 0 Å². The fraction of sp³-hybridized carbons (Fsp3) is 0.500. The first kappa shape index (κ1) is 14.5. The molecule has 18 heavy (non-hydrogen) atoms. The summed E-state index contributed by atoms with van der Waals surface area (Å²) in [5.41, 5.74) is 7.59. The third kappa shape index (κ3) is 5.19. The van der Waals surface area contributed by atoms with Crippen molar-refractivity contribution in [1.82, 2.24) is 5.32 Å². The van der Waals surface area contributed by atoms with E-state index >= 15 is 0 Å². The number of anilines is 1. The number of hydrogen-bond acceptors (Lipinski definition) is 2. The van der Waals surface area contributed by atoms with E-state index in [1.807, 2.05) is 31.2 Å². The normalized spacial score (nSPS) is 12.3. The van der Waals surface area contributed by atoms with E-state index < -0.39 is 0 Å². The molecular weight excluding hydrogens is 226 g/mol. The molecule has 1 aromatic carbocycles. The molecule has 2 amide bonds. The van der Waals surface area contributed by atoms with Crippen LogP contribution in [0.3, 0.4) is 0 Å². The highest BCUT2D eigenvalue weighted by atomic mass is 16.2. The zero-order valence-corrected chi connectivity index (χ0v) is 11.4. The predicted molar refractivity (Wildman–Crippen MR) is 75.5 cm³/mol. The van der Waals surface area contributed by atoms with E-state index in [4.69, 9.17) is 5.73 Å². The minimum Gasteiger partial charge on any atom is -0.338 e. The molecule has 1 aromatic rings. The van der Waals surface area contributed by atoms with Crippen LogP contribution in [0.15, 0.2) is 24.3 Å². The van der Waals surface area contributed by atoms with Gasteiger partial charge in [0, 0.05) is 18.3 Å². The third-order valence-corrected chi connectivity index (χ3v) is 2.70. The number of benzene rings is 1. The number of nitrogens with one attached hydrogen (secondary N) is 2. The fourth-order valence-corrected chi connectivity index (χ4v) is 1.52. The molecule has 0 aliphatic rings. The van der Waals surface area contributed by atoms with Gasteiger partial charge >= 0.3 is 6.03 Å². The maximum absolute atomic E-state index is 11.6. The molecule has 0 fully saturated rings. The van der Waals surface area contributed by atoms with E-state index in [1.54, 1.807) is 0 Å². The van der Waals surface area contributed by atoms with Crippen molar-refractivity contribution >= 4 is 11.7 Å². The summed E-state index contributed by atoms with van der Waals surface area (Å²) < 4.78 is 0. The molecule has 1 unspecified atom stereocenters. The highest BCUT2D eigenvalue weighted by Crippen LogP contribution is 2.13. The van der Waals surface area contributed by atoms with Crippen LogP contribution in [0.4, 0.5) is 10.5 Å². The summed E-state index contributed by atoms with van der Waals surface area (Å²) in [6, 6.07) is 7.42. The van der Waals surface area contributed by atoms with Crippen molar-refractivity contribution in [3.63, 3.8) is 0 Å². The minimum atomic E-state index is -0.163. The molecule has 0 bridgehead atoms. The molecule has 4 heteroatoms. The highest BCUT2D eigenvalue weighted by Gasteiger charge is 2.03. The second-order valence-electron chi connectivity index (χ2n) is 4.97. The molecule has 100 valence electrons. The Kier molecular flexibility index (Phi) is 5.65. The Balaban J connectivity index is 2.40. The summed E-state index contributed by atoms with van der Waals surface area (Å²) in [7, 11) is 0. The number of rotatable bonds is 5. The summed E-state index contributed by atoms with van der Waals surface area (Å²) in [5, 5.41) is 5.62. The first-order valence-corrected chi connectivity index (χ1v) is 6.39. The second kappa shape index (κ2) is 7.01. The Labute approximate surface area is 109 Å². The molecule has 0 saturated carbocycles. The smallest absolute Gasteiger partial charge is 0.319 e. The van der Waals surface area contributed by atoms with Gasteiger partial charge in [0.1, 0.15) is 0 Å². The lowest BCUT2D eigenvalue weighted by atomic mass is 10.1. The average Bonchev–Trinajstić information content (AvgIpc) is 2.29. The van der Waals surface area contributed by atoms with Crippen LogP contribution >= 0.6 is 0 Å². The molecule has 4 N–H and O–H groups in total. The zero-order chi connectivity index (χ0) is 13.5. The number of carbonyl (C=O) groups is 1. The van der Waals surface area contributed by atoms with Gasteiger partial charge in [-0.25, -0.2) is 4.79 Å². The lowest BCUT2D eigenvalue weighted by molar-refractivity contribution is 0.251. The Morgan fingerprint density at radius 3 is 2.33 bits per heavy atom. The molecule has 0 heterocycles.